The van der Waals surface area contributed by atoms with Crippen molar-refractivity contribution in [3.05, 3.63) is 129 Å². The molecule has 46 heavy (non-hydrogen) atoms. The predicted molar refractivity (Wildman–Crippen MR) is 174 cm³/mol. The number of hydrogen-bond donors (Lipinski definition) is 1. The molecule has 9 nitrogen and oxygen atoms in total. The minimum absolute atomic E-state index is 0.0291. The lowest BCUT2D eigenvalue weighted by atomic mass is 10.0. The molecular weight excluding hydrogens is 630 g/mol. The van der Waals surface area contributed by atoms with Gasteiger partial charge in [0.15, 0.2) is 33.2 Å². The third-order valence-corrected chi connectivity index (χ3v) is 8.50. The summed E-state index contributed by atoms with van der Waals surface area (Å²) in [5.74, 6) is -0.669. The van der Waals surface area contributed by atoms with E-state index in [4.69, 9.17) is 30.6 Å². The van der Waals surface area contributed by atoms with E-state index in [1.54, 1.807) is 60.7 Å². The summed E-state index contributed by atoms with van der Waals surface area (Å²) in [5.41, 5.74) is 5.37. The molecule has 1 heterocycles. The summed E-state index contributed by atoms with van der Waals surface area (Å²) in [6, 6.07) is 25.8. The standard InChI is InChI=1S/C35H32ClNO8S/c1-2-6-26-19-28(35(39)37-44-21-25-7-4-3-5-8-25)12-15-31(26)45-34(27-11-16-32-33(20-27)43-23-42-32)30(38)22-46(40,41)18-17-24-9-13-29(36)14-10-24/h3-5,7-20,34H,2,6,21-23H2,1H3,(H,37,39)/b18-17+. The molecule has 0 aromatic heterocycles. The van der Waals surface area contributed by atoms with Crippen LogP contribution in [0, 0.1) is 0 Å². The van der Waals surface area contributed by atoms with Crippen LogP contribution >= 0.6 is 11.6 Å². The summed E-state index contributed by atoms with van der Waals surface area (Å²) in [5, 5.41) is 1.52. The van der Waals surface area contributed by atoms with Gasteiger partial charge in [-0.2, -0.15) is 0 Å². The maximum atomic E-state index is 13.7. The number of carbonyl (C=O) groups is 2. The molecule has 0 radical (unpaired) electrons. The molecule has 0 spiro atoms. The molecule has 0 saturated heterocycles. The highest BCUT2D eigenvalue weighted by atomic mass is 35.5. The van der Waals surface area contributed by atoms with Gasteiger partial charge in [-0.05, 0) is 71.7 Å². The van der Waals surface area contributed by atoms with Crippen LogP contribution in [0.4, 0.5) is 0 Å². The highest BCUT2D eigenvalue weighted by Gasteiger charge is 2.29. The van der Waals surface area contributed by atoms with Gasteiger partial charge in [0.1, 0.15) is 11.5 Å². The number of fused-ring (bicyclic) bond motifs is 1. The zero-order valence-corrected chi connectivity index (χ0v) is 26.6. The second kappa shape index (κ2) is 15.1. The molecule has 0 aliphatic carbocycles. The molecule has 4 aromatic carbocycles. The Bertz CT molecular complexity index is 1830. The Morgan fingerprint density at radius 2 is 1.72 bits per heavy atom. The number of ketones is 1. The van der Waals surface area contributed by atoms with Crippen molar-refractivity contribution in [2.75, 3.05) is 12.5 Å². The lowest BCUT2D eigenvalue weighted by Crippen LogP contribution is -2.26. The molecule has 11 heteroatoms. The first-order valence-corrected chi connectivity index (χ1v) is 16.6. The molecule has 0 saturated carbocycles. The van der Waals surface area contributed by atoms with Crippen LogP contribution < -0.4 is 19.7 Å². The maximum Gasteiger partial charge on any atom is 0.274 e. The molecule has 1 aliphatic heterocycles. The monoisotopic (exact) mass is 661 g/mol. The highest BCUT2D eigenvalue weighted by Crippen LogP contribution is 2.36. The Hall–Kier alpha value is -4.64. The second-order valence-electron chi connectivity index (χ2n) is 10.5. The fourth-order valence-corrected chi connectivity index (χ4v) is 5.85. The molecule has 0 bridgehead atoms. The Morgan fingerprint density at radius 3 is 2.48 bits per heavy atom. The van der Waals surface area contributed by atoms with Crippen LogP contribution in [-0.2, 0) is 32.5 Å². The smallest absolute Gasteiger partial charge is 0.274 e. The van der Waals surface area contributed by atoms with Gasteiger partial charge < -0.3 is 14.2 Å². The van der Waals surface area contributed by atoms with Crippen molar-refractivity contribution >= 4 is 39.2 Å². The third-order valence-electron chi connectivity index (χ3n) is 7.01. The normalized spacial score (nSPS) is 13.0. The van der Waals surface area contributed by atoms with E-state index in [1.807, 2.05) is 37.3 Å². The van der Waals surface area contributed by atoms with Crippen LogP contribution in [0.3, 0.4) is 0 Å². The second-order valence-corrected chi connectivity index (χ2v) is 12.8. The van der Waals surface area contributed by atoms with Crippen molar-refractivity contribution < 1.29 is 37.1 Å². The first-order chi connectivity index (χ1) is 22.2. The molecule has 1 aliphatic rings. The average Bonchev–Trinajstić information content (AvgIpc) is 3.52. The number of nitrogens with one attached hydrogen (secondary N) is 1. The summed E-state index contributed by atoms with van der Waals surface area (Å²) in [6.45, 7) is 2.20. The van der Waals surface area contributed by atoms with E-state index in [1.165, 1.54) is 6.08 Å². The van der Waals surface area contributed by atoms with Gasteiger partial charge in [0.2, 0.25) is 6.79 Å². The van der Waals surface area contributed by atoms with Crippen LogP contribution in [0.2, 0.25) is 5.02 Å². The predicted octanol–water partition coefficient (Wildman–Crippen LogP) is 6.66. The number of rotatable bonds is 14. The number of amides is 1. The number of ether oxygens (including phenoxy) is 3. The molecule has 1 atom stereocenters. The van der Waals surface area contributed by atoms with E-state index in [9.17, 15) is 18.0 Å². The summed E-state index contributed by atoms with van der Waals surface area (Å²) in [6.07, 6.45) is 1.36. The van der Waals surface area contributed by atoms with Crippen molar-refractivity contribution in [2.45, 2.75) is 32.5 Å². The Morgan fingerprint density at radius 1 is 0.957 bits per heavy atom. The SMILES string of the molecule is CCCc1cc(C(=O)NOCc2ccccc2)ccc1OC(C(=O)CS(=O)(=O)/C=C/c1ccc(Cl)cc1)c1ccc2c(c1)OCO2. The van der Waals surface area contributed by atoms with E-state index in [0.29, 0.717) is 50.9 Å². The van der Waals surface area contributed by atoms with Gasteiger partial charge in [0.05, 0.1) is 6.61 Å². The number of aryl methyl sites for hydroxylation is 1. The molecule has 4 aromatic rings. The summed E-state index contributed by atoms with van der Waals surface area (Å²) >= 11 is 5.92. The highest BCUT2D eigenvalue weighted by molar-refractivity contribution is 7.95. The van der Waals surface area contributed by atoms with E-state index in [2.05, 4.69) is 5.48 Å². The number of hydroxylamine groups is 1. The fourth-order valence-electron chi connectivity index (χ4n) is 4.72. The van der Waals surface area contributed by atoms with Gasteiger partial charge in [0, 0.05) is 21.6 Å². The number of hydrogen-bond acceptors (Lipinski definition) is 8. The third kappa shape index (κ3) is 8.75. The van der Waals surface area contributed by atoms with Gasteiger partial charge in [-0.3, -0.25) is 14.4 Å². The van der Waals surface area contributed by atoms with Crippen molar-refractivity contribution in [2.24, 2.45) is 0 Å². The van der Waals surface area contributed by atoms with Gasteiger partial charge in [-0.25, -0.2) is 13.9 Å². The van der Waals surface area contributed by atoms with E-state index < -0.39 is 33.4 Å². The topological polar surface area (TPSA) is 117 Å². The minimum Gasteiger partial charge on any atom is -0.478 e. The van der Waals surface area contributed by atoms with E-state index >= 15 is 0 Å². The summed E-state index contributed by atoms with van der Waals surface area (Å²) in [4.78, 5) is 31.9. The van der Waals surface area contributed by atoms with Gasteiger partial charge in [0.25, 0.3) is 5.91 Å². The Labute approximate surface area is 272 Å². The zero-order chi connectivity index (χ0) is 32.5. The molecular formula is C35H32ClNO8S. The van der Waals surface area contributed by atoms with Crippen molar-refractivity contribution in [1.29, 1.82) is 0 Å². The molecule has 0 fully saturated rings. The molecule has 238 valence electrons. The Balaban J connectivity index is 1.37. The minimum atomic E-state index is -3.98. The summed E-state index contributed by atoms with van der Waals surface area (Å²) < 4.78 is 43.3. The number of halogens is 1. The Kier molecular flexibility index (Phi) is 10.7. The lowest BCUT2D eigenvalue weighted by molar-refractivity contribution is -0.123. The number of sulfone groups is 1. The first kappa shape index (κ1) is 32.7. The average molecular weight is 662 g/mol. The quantitative estimate of drug-likeness (QED) is 0.149. The fraction of sp³-hybridized carbons (Fsp3) is 0.200. The van der Waals surface area contributed by atoms with Crippen LogP contribution in [0.25, 0.3) is 6.08 Å². The molecule has 1 amide bonds. The van der Waals surface area contributed by atoms with Gasteiger partial charge in [-0.1, -0.05) is 73.5 Å². The summed E-state index contributed by atoms with van der Waals surface area (Å²) in [7, 11) is -3.98. The number of benzene rings is 4. The molecule has 1 N–H and O–H groups in total. The molecule has 1 unspecified atom stereocenters. The van der Waals surface area contributed by atoms with E-state index in [-0.39, 0.29) is 13.4 Å². The number of carbonyl (C=O) groups excluding carboxylic acids is 2. The zero-order valence-electron chi connectivity index (χ0n) is 25.0. The largest absolute Gasteiger partial charge is 0.478 e. The van der Waals surface area contributed by atoms with Crippen LogP contribution in [0.15, 0.2) is 96.4 Å². The van der Waals surface area contributed by atoms with Gasteiger partial charge in [-0.15, -0.1) is 0 Å². The van der Waals surface area contributed by atoms with Gasteiger partial charge >= 0.3 is 0 Å². The maximum absolute atomic E-state index is 13.7. The van der Waals surface area contributed by atoms with Crippen molar-refractivity contribution in [3.63, 3.8) is 0 Å². The van der Waals surface area contributed by atoms with Crippen molar-refractivity contribution in [3.8, 4) is 17.2 Å². The first-order valence-electron chi connectivity index (χ1n) is 14.5. The lowest BCUT2D eigenvalue weighted by Gasteiger charge is -2.21. The van der Waals surface area contributed by atoms with E-state index in [0.717, 1.165) is 17.4 Å². The van der Waals surface area contributed by atoms with Crippen LogP contribution in [-0.4, -0.2) is 32.7 Å². The van der Waals surface area contributed by atoms with Crippen LogP contribution in [0.1, 0.15) is 52.1 Å². The van der Waals surface area contributed by atoms with Crippen molar-refractivity contribution in [1.82, 2.24) is 5.48 Å². The molecule has 5 rings (SSSR count). The van der Waals surface area contributed by atoms with Crippen LogP contribution in [0.5, 0.6) is 17.2 Å². The number of Topliss-reactive ketones (excluding diaryl/α,β-unsaturated/α-hetero) is 1.